The third kappa shape index (κ3) is 5.48. The lowest BCUT2D eigenvalue weighted by Crippen LogP contribution is -2.35. The SMILES string of the molecule is Cc1ccc(-c2noc(CCC(=O)Nc3cc(S(=O)(=O)N4CCCCC4)ccc3C)n2)cc1. The van der Waals surface area contributed by atoms with Gasteiger partial charge in [0, 0.05) is 37.2 Å². The largest absolute Gasteiger partial charge is 0.339 e. The number of sulfonamides is 1. The molecule has 1 N–H and O–H groups in total. The van der Waals surface area contributed by atoms with Crippen LogP contribution in [0.5, 0.6) is 0 Å². The van der Waals surface area contributed by atoms with Gasteiger partial charge in [0.25, 0.3) is 0 Å². The number of piperidine rings is 1. The number of carbonyl (C=O) groups excluding carboxylic acids is 1. The molecule has 0 bridgehead atoms. The number of nitrogens with one attached hydrogen (secondary N) is 1. The number of hydrogen-bond acceptors (Lipinski definition) is 6. The zero-order valence-electron chi connectivity index (χ0n) is 18.9. The van der Waals surface area contributed by atoms with Gasteiger partial charge in [-0.3, -0.25) is 4.79 Å². The van der Waals surface area contributed by atoms with E-state index in [1.807, 2.05) is 38.1 Å². The van der Waals surface area contributed by atoms with Crippen LogP contribution in [0.2, 0.25) is 0 Å². The van der Waals surface area contributed by atoms with Crippen molar-refractivity contribution in [1.29, 1.82) is 0 Å². The van der Waals surface area contributed by atoms with Crippen LogP contribution in [0.3, 0.4) is 0 Å². The summed E-state index contributed by atoms with van der Waals surface area (Å²) in [6.07, 6.45) is 3.22. The maximum Gasteiger partial charge on any atom is 0.243 e. The minimum Gasteiger partial charge on any atom is -0.339 e. The molecule has 9 heteroatoms. The van der Waals surface area contributed by atoms with Gasteiger partial charge in [-0.1, -0.05) is 47.5 Å². The second-order valence-corrected chi connectivity index (χ2v) is 10.3. The number of amides is 1. The summed E-state index contributed by atoms with van der Waals surface area (Å²) in [7, 11) is -3.57. The van der Waals surface area contributed by atoms with Crippen LogP contribution in [0.1, 0.15) is 42.7 Å². The Morgan fingerprint density at radius 3 is 2.52 bits per heavy atom. The highest BCUT2D eigenvalue weighted by atomic mass is 32.2. The van der Waals surface area contributed by atoms with Gasteiger partial charge in [-0.25, -0.2) is 8.42 Å². The van der Waals surface area contributed by atoms with Crippen molar-refractivity contribution in [3.05, 3.63) is 59.5 Å². The second kappa shape index (κ2) is 9.84. The van der Waals surface area contributed by atoms with E-state index in [1.165, 1.54) is 4.31 Å². The number of rotatable bonds is 7. The van der Waals surface area contributed by atoms with Crippen LogP contribution in [0.4, 0.5) is 5.69 Å². The topological polar surface area (TPSA) is 105 Å². The number of carbonyl (C=O) groups is 1. The highest BCUT2D eigenvalue weighted by molar-refractivity contribution is 7.89. The molecule has 8 nitrogen and oxygen atoms in total. The molecule has 1 amide bonds. The summed E-state index contributed by atoms with van der Waals surface area (Å²) >= 11 is 0. The molecular formula is C24H28N4O4S. The van der Waals surface area contributed by atoms with Crippen LogP contribution in [0.25, 0.3) is 11.4 Å². The monoisotopic (exact) mass is 468 g/mol. The molecule has 0 saturated carbocycles. The van der Waals surface area contributed by atoms with Crippen molar-refractivity contribution in [1.82, 2.24) is 14.4 Å². The van der Waals surface area contributed by atoms with Crippen LogP contribution in [0, 0.1) is 13.8 Å². The predicted molar refractivity (Wildman–Crippen MR) is 125 cm³/mol. The molecule has 1 aromatic heterocycles. The molecular weight excluding hydrogens is 440 g/mol. The Kier molecular flexibility index (Phi) is 6.90. The van der Waals surface area contributed by atoms with Crippen LogP contribution in [0.15, 0.2) is 51.9 Å². The standard InChI is InChI=1S/C24H28N4O4S/c1-17-6-9-19(10-7-17)24-26-23(32-27-24)13-12-22(29)25-21-16-20(11-8-18(21)2)33(30,31)28-14-4-3-5-15-28/h6-11,16H,3-5,12-15H2,1-2H3,(H,25,29). The molecule has 1 aliphatic heterocycles. The first-order valence-electron chi connectivity index (χ1n) is 11.1. The summed E-state index contributed by atoms with van der Waals surface area (Å²) in [5.74, 6) is 0.608. The average molecular weight is 469 g/mol. The van der Waals surface area contributed by atoms with Gasteiger partial charge in [0.15, 0.2) is 0 Å². The molecule has 0 unspecified atom stereocenters. The first-order valence-corrected chi connectivity index (χ1v) is 12.6. The Hall–Kier alpha value is -3.04. The molecule has 0 radical (unpaired) electrons. The van der Waals surface area contributed by atoms with Crippen molar-refractivity contribution in [3.8, 4) is 11.4 Å². The maximum atomic E-state index is 13.0. The smallest absolute Gasteiger partial charge is 0.243 e. The van der Waals surface area contributed by atoms with Crippen molar-refractivity contribution in [2.75, 3.05) is 18.4 Å². The zero-order chi connectivity index (χ0) is 23.4. The molecule has 4 rings (SSSR count). The molecule has 0 aliphatic carbocycles. The molecule has 2 aromatic carbocycles. The van der Waals surface area contributed by atoms with E-state index in [4.69, 9.17) is 4.52 Å². The Balaban J connectivity index is 1.39. The third-order valence-corrected chi connectivity index (χ3v) is 7.67. The fourth-order valence-electron chi connectivity index (χ4n) is 3.76. The molecule has 33 heavy (non-hydrogen) atoms. The maximum absolute atomic E-state index is 13.0. The van der Waals surface area contributed by atoms with E-state index < -0.39 is 10.0 Å². The van der Waals surface area contributed by atoms with Crippen molar-refractivity contribution in [2.45, 2.75) is 50.8 Å². The normalized spacial score (nSPS) is 14.8. The molecule has 0 atom stereocenters. The van der Waals surface area contributed by atoms with E-state index in [0.29, 0.717) is 30.5 Å². The first-order chi connectivity index (χ1) is 15.8. The number of nitrogens with zero attached hydrogens (tertiary/aromatic N) is 3. The van der Waals surface area contributed by atoms with Crippen molar-refractivity contribution in [2.24, 2.45) is 0 Å². The van der Waals surface area contributed by atoms with Gasteiger partial charge in [0.2, 0.25) is 27.6 Å². The number of anilines is 1. The fourth-order valence-corrected chi connectivity index (χ4v) is 5.30. The highest BCUT2D eigenvalue weighted by Crippen LogP contribution is 2.25. The summed E-state index contributed by atoms with van der Waals surface area (Å²) in [6.45, 7) is 4.91. The quantitative estimate of drug-likeness (QED) is 0.560. The lowest BCUT2D eigenvalue weighted by Gasteiger charge is -2.26. The van der Waals surface area contributed by atoms with Crippen LogP contribution < -0.4 is 5.32 Å². The van der Waals surface area contributed by atoms with E-state index in [-0.39, 0.29) is 23.6 Å². The summed E-state index contributed by atoms with van der Waals surface area (Å²) in [5, 5.41) is 6.81. The van der Waals surface area contributed by atoms with Crippen LogP contribution >= 0.6 is 0 Å². The predicted octanol–water partition coefficient (Wildman–Crippen LogP) is 4.10. The summed E-state index contributed by atoms with van der Waals surface area (Å²) in [6, 6.07) is 12.6. The van der Waals surface area contributed by atoms with E-state index >= 15 is 0 Å². The van der Waals surface area contributed by atoms with Gasteiger partial charge in [-0.15, -0.1) is 0 Å². The zero-order valence-corrected chi connectivity index (χ0v) is 19.7. The fraction of sp³-hybridized carbons (Fsp3) is 0.375. The van der Waals surface area contributed by atoms with Crippen molar-refractivity contribution < 1.29 is 17.7 Å². The summed E-state index contributed by atoms with van der Waals surface area (Å²) < 4.78 is 32.7. The Bertz CT molecular complexity index is 1230. The van der Waals surface area contributed by atoms with E-state index in [1.54, 1.807) is 18.2 Å². The number of hydrogen-bond donors (Lipinski definition) is 1. The number of aryl methyl sites for hydroxylation is 3. The molecule has 174 valence electrons. The van der Waals surface area contributed by atoms with Gasteiger partial charge >= 0.3 is 0 Å². The highest BCUT2D eigenvalue weighted by Gasteiger charge is 2.26. The Labute approximate surface area is 194 Å². The first kappa shape index (κ1) is 23.1. The Morgan fingerprint density at radius 1 is 1.06 bits per heavy atom. The molecule has 2 heterocycles. The molecule has 0 spiro atoms. The van der Waals surface area contributed by atoms with Gasteiger partial charge in [0.05, 0.1) is 4.90 Å². The van der Waals surface area contributed by atoms with Gasteiger partial charge < -0.3 is 9.84 Å². The van der Waals surface area contributed by atoms with E-state index in [9.17, 15) is 13.2 Å². The van der Waals surface area contributed by atoms with Gasteiger partial charge in [0.1, 0.15) is 0 Å². The van der Waals surface area contributed by atoms with Crippen molar-refractivity contribution >= 4 is 21.6 Å². The molecule has 1 aliphatic rings. The molecule has 3 aromatic rings. The van der Waals surface area contributed by atoms with E-state index in [2.05, 4.69) is 15.5 Å². The lowest BCUT2D eigenvalue weighted by atomic mass is 10.1. The Morgan fingerprint density at radius 2 is 1.79 bits per heavy atom. The third-order valence-electron chi connectivity index (χ3n) is 5.78. The van der Waals surface area contributed by atoms with Crippen molar-refractivity contribution in [3.63, 3.8) is 0 Å². The molecule has 1 saturated heterocycles. The van der Waals surface area contributed by atoms with Crippen LogP contribution in [-0.2, 0) is 21.2 Å². The molecule has 1 fully saturated rings. The van der Waals surface area contributed by atoms with E-state index in [0.717, 1.165) is 36.0 Å². The number of benzene rings is 2. The minimum atomic E-state index is -3.57. The van der Waals surface area contributed by atoms with Crippen LogP contribution in [-0.4, -0.2) is 41.9 Å². The number of aromatic nitrogens is 2. The second-order valence-electron chi connectivity index (χ2n) is 8.37. The summed E-state index contributed by atoms with van der Waals surface area (Å²) in [4.78, 5) is 17.1. The van der Waals surface area contributed by atoms with Gasteiger partial charge in [-0.05, 0) is 44.4 Å². The minimum absolute atomic E-state index is 0.137. The average Bonchev–Trinajstić information content (AvgIpc) is 3.29. The summed E-state index contributed by atoms with van der Waals surface area (Å²) in [5.41, 5.74) is 3.27. The van der Waals surface area contributed by atoms with Gasteiger partial charge in [-0.2, -0.15) is 9.29 Å². The lowest BCUT2D eigenvalue weighted by molar-refractivity contribution is -0.116.